The number of hydrogen-bond acceptors (Lipinski definition) is 4. The number of pyridine rings is 1. The first-order chi connectivity index (χ1) is 6.40. The number of hydrogen-bond donors (Lipinski definition) is 0. The molecule has 0 radical (unpaired) electrons. The Morgan fingerprint density at radius 2 is 2.14 bits per heavy atom. The van der Waals surface area contributed by atoms with Crippen molar-refractivity contribution in [3.63, 3.8) is 0 Å². The molecule has 78 valence electrons. The van der Waals surface area contributed by atoms with Crippen molar-refractivity contribution in [1.82, 2.24) is 4.98 Å². The van der Waals surface area contributed by atoms with Gasteiger partial charge in [-0.2, -0.15) is 0 Å². The fourth-order valence-electron chi connectivity index (χ4n) is 1.13. The maximum atomic E-state index is 10.9. The topological polar surface area (TPSA) is 50.3 Å². The Morgan fingerprint density at radius 1 is 1.50 bits per heavy atom. The Hall–Kier alpha value is -0.810. The molecule has 0 fully saturated rings. The molecule has 0 atom stereocenters. The summed E-state index contributed by atoms with van der Waals surface area (Å²) >= 11 is 0. The molecule has 4 nitrogen and oxygen atoms in total. The van der Waals surface area contributed by atoms with Crippen molar-refractivity contribution in [2.75, 3.05) is 19.0 Å². The average molecular weight is 235 g/mol. The van der Waals surface area contributed by atoms with Crippen LogP contribution in [-0.2, 0) is 14.8 Å². The molecular weight excluding hydrogens is 224 g/mol. The van der Waals surface area contributed by atoms with E-state index in [4.69, 9.17) is 10.7 Å². The summed E-state index contributed by atoms with van der Waals surface area (Å²) in [4.78, 5) is 5.81. The van der Waals surface area contributed by atoms with Gasteiger partial charge in [-0.05, 0) is 6.07 Å². The molecule has 0 N–H and O–H groups in total. The maximum Gasteiger partial charge on any atom is 0.236 e. The summed E-state index contributed by atoms with van der Waals surface area (Å²) in [6.45, 7) is 0. The van der Waals surface area contributed by atoms with E-state index in [1.165, 1.54) is 0 Å². The van der Waals surface area contributed by atoms with E-state index in [2.05, 4.69) is 4.98 Å². The molecule has 1 rings (SSSR count). The molecule has 1 heterocycles. The monoisotopic (exact) mass is 234 g/mol. The van der Waals surface area contributed by atoms with Crippen LogP contribution < -0.4 is 4.90 Å². The van der Waals surface area contributed by atoms with E-state index in [-0.39, 0.29) is 5.75 Å². The molecule has 0 aliphatic carbocycles. The predicted molar refractivity (Wildman–Crippen MR) is 57.0 cm³/mol. The summed E-state index contributed by atoms with van der Waals surface area (Å²) < 4.78 is 21.8. The van der Waals surface area contributed by atoms with E-state index in [0.717, 1.165) is 0 Å². The van der Waals surface area contributed by atoms with Gasteiger partial charge in [-0.1, -0.05) is 6.07 Å². The first-order valence-electron chi connectivity index (χ1n) is 3.94. The zero-order valence-corrected chi connectivity index (χ0v) is 9.51. The van der Waals surface area contributed by atoms with Gasteiger partial charge in [0.2, 0.25) is 9.05 Å². The molecule has 0 spiro atoms. The molecule has 0 aliphatic heterocycles. The van der Waals surface area contributed by atoms with Crippen LogP contribution in [0, 0.1) is 0 Å². The molecule has 6 heteroatoms. The van der Waals surface area contributed by atoms with E-state index in [1.54, 1.807) is 37.3 Å². The minimum absolute atomic E-state index is 0.199. The molecule has 0 aliphatic rings. The first kappa shape index (κ1) is 11.3. The third kappa shape index (κ3) is 3.16. The van der Waals surface area contributed by atoms with Gasteiger partial charge in [-0.25, -0.2) is 13.4 Å². The largest absolute Gasteiger partial charge is 0.362 e. The Morgan fingerprint density at radius 3 is 2.64 bits per heavy atom. The summed E-state index contributed by atoms with van der Waals surface area (Å²) in [5.74, 6) is 0.423. The minimum Gasteiger partial charge on any atom is -0.362 e. The van der Waals surface area contributed by atoms with Crippen molar-refractivity contribution in [2.45, 2.75) is 5.75 Å². The van der Waals surface area contributed by atoms with Crippen molar-refractivity contribution in [2.24, 2.45) is 0 Å². The fourth-order valence-corrected chi connectivity index (χ4v) is 2.08. The smallest absolute Gasteiger partial charge is 0.236 e. The molecule has 0 unspecified atom stereocenters. The van der Waals surface area contributed by atoms with Gasteiger partial charge in [0.15, 0.2) is 0 Å². The van der Waals surface area contributed by atoms with Crippen LogP contribution in [0.4, 0.5) is 5.82 Å². The zero-order chi connectivity index (χ0) is 10.8. The summed E-state index contributed by atoms with van der Waals surface area (Å²) in [6.07, 6.45) is 1.61. The number of halogens is 1. The van der Waals surface area contributed by atoms with Gasteiger partial charge in [0.1, 0.15) is 5.82 Å². The fraction of sp³-hybridized carbons (Fsp3) is 0.375. The van der Waals surface area contributed by atoms with Crippen LogP contribution in [0.5, 0.6) is 0 Å². The van der Waals surface area contributed by atoms with Crippen LogP contribution in [0.3, 0.4) is 0 Å². The van der Waals surface area contributed by atoms with Gasteiger partial charge in [-0.15, -0.1) is 0 Å². The number of nitrogens with zero attached hydrogens (tertiary/aromatic N) is 2. The predicted octanol–water partition coefficient (Wildman–Crippen LogP) is 1.22. The summed E-state index contributed by atoms with van der Waals surface area (Å²) in [5.41, 5.74) is 0.604. The molecule has 0 amide bonds. The molecule has 0 aromatic carbocycles. The normalized spacial score (nSPS) is 11.4. The number of aromatic nitrogens is 1. The van der Waals surface area contributed by atoms with Gasteiger partial charge in [0.05, 0.1) is 5.75 Å². The van der Waals surface area contributed by atoms with Crippen molar-refractivity contribution < 1.29 is 8.42 Å². The number of anilines is 1. The molecule has 1 aromatic heterocycles. The highest BCUT2D eigenvalue weighted by atomic mass is 35.7. The Bertz CT molecular complexity index is 417. The lowest BCUT2D eigenvalue weighted by atomic mass is 10.3. The molecule has 1 aromatic rings. The van der Waals surface area contributed by atoms with Crippen LogP contribution in [0.15, 0.2) is 18.3 Å². The lowest BCUT2D eigenvalue weighted by Crippen LogP contribution is -2.14. The van der Waals surface area contributed by atoms with Gasteiger partial charge >= 0.3 is 0 Å². The quantitative estimate of drug-likeness (QED) is 0.738. The molecule has 14 heavy (non-hydrogen) atoms. The number of rotatable bonds is 3. The summed E-state index contributed by atoms with van der Waals surface area (Å²) in [7, 11) is 5.24. The van der Waals surface area contributed by atoms with Crippen LogP contribution in [0.25, 0.3) is 0 Å². The van der Waals surface area contributed by atoms with Crippen LogP contribution in [0.1, 0.15) is 5.56 Å². The van der Waals surface area contributed by atoms with Crippen molar-refractivity contribution in [3.05, 3.63) is 23.9 Å². The van der Waals surface area contributed by atoms with Gasteiger partial charge in [-0.3, -0.25) is 0 Å². The summed E-state index contributed by atoms with van der Waals surface area (Å²) in [6, 6.07) is 3.38. The highest BCUT2D eigenvalue weighted by Gasteiger charge is 2.12. The second-order valence-electron chi connectivity index (χ2n) is 3.06. The van der Waals surface area contributed by atoms with Crippen molar-refractivity contribution in [1.29, 1.82) is 0 Å². The standard InChI is InChI=1S/C8H11ClN2O2S/c1-11(2)8-7(4-3-5-10-8)6-14(9,12)13/h3-5H,6H2,1-2H3. The molecule has 0 saturated carbocycles. The van der Waals surface area contributed by atoms with Crippen LogP contribution >= 0.6 is 10.7 Å². The Balaban J connectivity index is 3.08. The molecule has 0 saturated heterocycles. The Labute approximate surface area is 87.9 Å². The first-order valence-corrected chi connectivity index (χ1v) is 6.41. The average Bonchev–Trinajstić information content (AvgIpc) is 2.01. The van der Waals surface area contributed by atoms with Crippen LogP contribution in [0.2, 0.25) is 0 Å². The highest BCUT2D eigenvalue weighted by Crippen LogP contribution is 2.18. The van der Waals surface area contributed by atoms with Crippen LogP contribution in [-0.4, -0.2) is 27.5 Å². The van der Waals surface area contributed by atoms with E-state index >= 15 is 0 Å². The molecular formula is C8H11ClN2O2S. The Kier molecular flexibility index (Phi) is 3.34. The summed E-state index contributed by atoms with van der Waals surface area (Å²) in [5, 5.41) is 0. The highest BCUT2D eigenvalue weighted by molar-refractivity contribution is 8.13. The van der Waals surface area contributed by atoms with Gasteiger partial charge < -0.3 is 4.90 Å². The van der Waals surface area contributed by atoms with E-state index in [0.29, 0.717) is 11.4 Å². The second kappa shape index (κ2) is 4.14. The van der Waals surface area contributed by atoms with Crippen molar-refractivity contribution in [3.8, 4) is 0 Å². The SMILES string of the molecule is CN(C)c1ncccc1CS(=O)(=O)Cl. The lowest BCUT2D eigenvalue weighted by Gasteiger charge is -2.14. The lowest BCUT2D eigenvalue weighted by molar-refractivity contribution is 0.609. The van der Waals surface area contributed by atoms with Crippen molar-refractivity contribution >= 4 is 25.6 Å². The maximum absolute atomic E-state index is 10.9. The minimum atomic E-state index is -3.53. The van der Waals surface area contributed by atoms with E-state index in [1.807, 2.05) is 0 Å². The van der Waals surface area contributed by atoms with E-state index in [9.17, 15) is 8.42 Å². The van der Waals surface area contributed by atoms with E-state index < -0.39 is 9.05 Å². The second-order valence-corrected chi connectivity index (χ2v) is 5.84. The zero-order valence-electron chi connectivity index (χ0n) is 7.94. The van der Waals surface area contributed by atoms with Gasteiger partial charge in [0.25, 0.3) is 0 Å². The van der Waals surface area contributed by atoms with Gasteiger partial charge in [0, 0.05) is 36.5 Å². The third-order valence-electron chi connectivity index (χ3n) is 1.62. The third-order valence-corrected chi connectivity index (χ3v) is 2.60. The molecule has 0 bridgehead atoms.